The average molecular weight is 481 g/mol. The lowest BCUT2D eigenvalue weighted by Crippen LogP contribution is -2.12. The number of carbonyl (C=O) groups excluding carboxylic acids is 1. The summed E-state index contributed by atoms with van der Waals surface area (Å²) in [4.78, 5) is 17.3. The van der Waals surface area contributed by atoms with Crippen LogP contribution >= 0.6 is 11.3 Å². The zero-order valence-corrected chi connectivity index (χ0v) is 20.2. The molecule has 0 saturated heterocycles. The molecule has 0 unspecified atom stereocenters. The van der Waals surface area contributed by atoms with E-state index in [1.807, 2.05) is 25.1 Å². The summed E-state index contributed by atoms with van der Waals surface area (Å²) in [5.41, 5.74) is 2.30. The second kappa shape index (κ2) is 9.84. The van der Waals surface area contributed by atoms with Crippen molar-refractivity contribution in [1.29, 1.82) is 0 Å². The summed E-state index contributed by atoms with van der Waals surface area (Å²) in [6, 6.07) is 11.0. The van der Waals surface area contributed by atoms with Crippen LogP contribution in [0.2, 0.25) is 0 Å². The second-order valence-corrected chi connectivity index (χ2v) is 8.20. The van der Waals surface area contributed by atoms with Gasteiger partial charge in [-0.1, -0.05) is 11.3 Å². The first-order chi connectivity index (χ1) is 16.4. The van der Waals surface area contributed by atoms with Gasteiger partial charge in [-0.05, 0) is 48.9 Å². The third-order valence-electron chi connectivity index (χ3n) is 4.96. The van der Waals surface area contributed by atoms with Crippen molar-refractivity contribution in [2.24, 2.45) is 0 Å². The van der Waals surface area contributed by atoms with E-state index in [-0.39, 0.29) is 5.91 Å². The van der Waals surface area contributed by atoms with Gasteiger partial charge in [0.25, 0.3) is 0 Å². The van der Waals surface area contributed by atoms with Gasteiger partial charge in [0.1, 0.15) is 11.6 Å². The minimum atomic E-state index is -0.322. The summed E-state index contributed by atoms with van der Waals surface area (Å²) >= 11 is 1.46. The third-order valence-corrected chi connectivity index (χ3v) is 5.96. The Hall–Kier alpha value is -4.05. The molecule has 0 bridgehead atoms. The van der Waals surface area contributed by atoms with Gasteiger partial charge in [0.05, 0.1) is 44.3 Å². The minimum Gasteiger partial charge on any atom is -0.497 e. The molecule has 0 fully saturated rings. The van der Waals surface area contributed by atoms with E-state index in [0.717, 1.165) is 27.2 Å². The van der Waals surface area contributed by atoms with Crippen molar-refractivity contribution in [2.45, 2.75) is 6.92 Å². The van der Waals surface area contributed by atoms with Gasteiger partial charge in [-0.15, -0.1) is 0 Å². The van der Waals surface area contributed by atoms with Crippen LogP contribution in [0.15, 0.2) is 42.5 Å². The first kappa shape index (κ1) is 23.1. The van der Waals surface area contributed by atoms with Crippen LogP contribution in [0, 0.1) is 6.92 Å². The Morgan fingerprint density at radius 3 is 2.38 bits per heavy atom. The van der Waals surface area contributed by atoms with Gasteiger partial charge in [-0.25, -0.2) is 4.98 Å². The molecule has 0 saturated carbocycles. The van der Waals surface area contributed by atoms with Crippen LogP contribution in [0.25, 0.3) is 21.4 Å². The van der Waals surface area contributed by atoms with E-state index in [9.17, 15) is 4.79 Å². The van der Waals surface area contributed by atoms with Crippen molar-refractivity contribution in [3.8, 4) is 28.1 Å². The highest BCUT2D eigenvalue weighted by atomic mass is 32.1. The molecule has 2 aromatic carbocycles. The smallest absolute Gasteiger partial charge is 0.249 e. The Balaban J connectivity index is 1.58. The normalized spacial score (nSPS) is 11.1. The summed E-state index contributed by atoms with van der Waals surface area (Å²) in [5, 5.41) is 8.02. The lowest BCUT2D eigenvalue weighted by molar-refractivity contribution is -0.111. The van der Waals surface area contributed by atoms with Gasteiger partial charge < -0.3 is 24.3 Å². The molecule has 2 aromatic heterocycles. The molecule has 0 radical (unpaired) electrons. The first-order valence-electron chi connectivity index (χ1n) is 10.3. The molecular formula is C24H24N4O5S. The fourth-order valence-corrected chi connectivity index (χ4v) is 4.34. The highest BCUT2D eigenvalue weighted by molar-refractivity contribution is 7.20. The van der Waals surface area contributed by atoms with Gasteiger partial charge in [-0.3, -0.25) is 4.79 Å². The van der Waals surface area contributed by atoms with Gasteiger partial charge in [0.2, 0.25) is 16.8 Å². The second-order valence-electron chi connectivity index (χ2n) is 7.19. The molecule has 9 nitrogen and oxygen atoms in total. The standard InChI is InChI=1S/C24H24N4O5S/c1-14-10-21(28(27-14)24-25-17-8-7-16(30-2)13-20(17)34-24)26-22(29)9-6-15-11-18(31-3)23(33-5)19(12-15)32-4/h6-13H,1-5H3,(H,26,29)/b9-6+. The molecule has 0 aliphatic carbocycles. The first-order valence-corrected chi connectivity index (χ1v) is 11.1. The lowest BCUT2D eigenvalue weighted by Gasteiger charge is -2.12. The monoisotopic (exact) mass is 480 g/mol. The van der Waals surface area contributed by atoms with Crippen LogP contribution in [0.4, 0.5) is 5.82 Å². The average Bonchev–Trinajstić information content (AvgIpc) is 3.43. The number of ether oxygens (including phenoxy) is 4. The van der Waals surface area contributed by atoms with E-state index in [0.29, 0.717) is 28.2 Å². The number of fused-ring (bicyclic) bond motifs is 1. The number of amides is 1. The maximum absolute atomic E-state index is 12.7. The lowest BCUT2D eigenvalue weighted by atomic mass is 10.1. The molecular weight excluding hydrogens is 456 g/mol. The quantitative estimate of drug-likeness (QED) is 0.372. The molecule has 10 heteroatoms. The number of carbonyl (C=O) groups is 1. The number of aromatic nitrogens is 3. The molecule has 4 aromatic rings. The van der Waals surface area contributed by atoms with Gasteiger partial charge in [-0.2, -0.15) is 9.78 Å². The van der Waals surface area contributed by atoms with E-state index >= 15 is 0 Å². The molecule has 2 heterocycles. The predicted molar refractivity (Wildman–Crippen MR) is 132 cm³/mol. The van der Waals surface area contributed by atoms with Crippen LogP contribution in [0.3, 0.4) is 0 Å². The number of rotatable bonds is 8. The van der Waals surface area contributed by atoms with Crippen molar-refractivity contribution in [3.63, 3.8) is 0 Å². The van der Waals surface area contributed by atoms with E-state index in [1.165, 1.54) is 24.5 Å². The summed E-state index contributed by atoms with van der Waals surface area (Å²) in [6.07, 6.45) is 3.09. The molecule has 0 aliphatic rings. The molecule has 1 N–H and O–H groups in total. The van der Waals surface area contributed by atoms with Crippen molar-refractivity contribution in [3.05, 3.63) is 53.7 Å². The number of aryl methyl sites for hydroxylation is 1. The molecule has 0 spiro atoms. The summed E-state index contributed by atoms with van der Waals surface area (Å²) in [5.74, 6) is 2.44. The zero-order chi connectivity index (χ0) is 24.2. The molecule has 34 heavy (non-hydrogen) atoms. The molecule has 0 atom stereocenters. The largest absolute Gasteiger partial charge is 0.497 e. The van der Waals surface area contributed by atoms with Gasteiger partial charge in [0, 0.05) is 12.1 Å². The van der Waals surface area contributed by atoms with Crippen molar-refractivity contribution in [1.82, 2.24) is 14.8 Å². The fourth-order valence-electron chi connectivity index (χ4n) is 3.38. The summed E-state index contributed by atoms with van der Waals surface area (Å²) in [7, 11) is 6.24. The van der Waals surface area contributed by atoms with Crippen LogP contribution in [0.5, 0.6) is 23.0 Å². The molecule has 1 amide bonds. The minimum absolute atomic E-state index is 0.322. The van der Waals surface area contributed by atoms with Gasteiger partial charge in [0.15, 0.2) is 11.5 Å². The van der Waals surface area contributed by atoms with Crippen LogP contribution in [-0.2, 0) is 4.79 Å². The summed E-state index contributed by atoms with van der Waals surface area (Å²) in [6.45, 7) is 1.86. The van der Waals surface area contributed by atoms with Crippen LogP contribution < -0.4 is 24.3 Å². The van der Waals surface area contributed by atoms with E-state index in [2.05, 4.69) is 15.4 Å². The maximum Gasteiger partial charge on any atom is 0.249 e. The van der Waals surface area contributed by atoms with Crippen molar-refractivity contribution >= 4 is 39.4 Å². The Labute approximate surface area is 200 Å². The number of benzene rings is 2. The van der Waals surface area contributed by atoms with Crippen LogP contribution in [-0.4, -0.2) is 49.1 Å². The highest BCUT2D eigenvalue weighted by Crippen LogP contribution is 2.38. The van der Waals surface area contributed by atoms with E-state index < -0.39 is 0 Å². The Kier molecular flexibility index (Phi) is 6.69. The SMILES string of the molecule is COc1ccc2nc(-n3nc(C)cc3NC(=O)/C=C/c3cc(OC)c(OC)c(OC)c3)sc2c1. The summed E-state index contributed by atoms with van der Waals surface area (Å²) < 4.78 is 23.9. The van der Waals surface area contributed by atoms with Gasteiger partial charge >= 0.3 is 0 Å². The number of methoxy groups -OCH3 is 4. The van der Waals surface area contributed by atoms with Crippen LogP contribution in [0.1, 0.15) is 11.3 Å². The predicted octanol–water partition coefficient (Wildman–Crippen LogP) is 4.48. The van der Waals surface area contributed by atoms with Crippen molar-refractivity contribution < 1.29 is 23.7 Å². The number of nitrogens with zero attached hydrogens (tertiary/aromatic N) is 3. The number of thiazole rings is 1. The van der Waals surface area contributed by atoms with Crippen molar-refractivity contribution in [2.75, 3.05) is 33.8 Å². The zero-order valence-electron chi connectivity index (χ0n) is 19.4. The maximum atomic E-state index is 12.7. The Bertz CT molecular complexity index is 1350. The topological polar surface area (TPSA) is 96.7 Å². The molecule has 176 valence electrons. The number of hydrogen-bond donors (Lipinski definition) is 1. The Morgan fingerprint density at radius 1 is 1.00 bits per heavy atom. The van der Waals surface area contributed by atoms with E-state index in [4.69, 9.17) is 18.9 Å². The number of hydrogen-bond acceptors (Lipinski definition) is 8. The third kappa shape index (κ3) is 4.67. The highest BCUT2D eigenvalue weighted by Gasteiger charge is 2.15. The fraction of sp³-hybridized carbons (Fsp3) is 0.208. The number of nitrogens with one attached hydrogen (secondary N) is 1. The Morgan fingerprint density at radius 2 is 1.74 bits per heavy atom. The van der Waals surface area contributed by atoms with E-state index in [1.54, 1.807) is 50.3 Å². The molecule has 0 aliphatic heterocycles. The molecule has 4 rings (SSSR count). The number of anilines is 1.